The second kappa shape index (κ2) is 6.34. The van der Waals surface area contributed by atoms with Crippen LogP contribution in [0.3, 0.4) is 0 Å². The number of pyridine rings is 1. The van der Waals surface area contributed by atoms with Crippen molar-refractivity contribution in [3.63, 3.8) is 0 Å². The highest BCUT2D eigenvalue weighted by Gasteiger charge is 2.13. The van der Waals surface area contributed by atoms with Gasteiger partial charge in [0.1, 0.15) is 17.6 Å². The van der Waals surface area contributed by atoms with Crippen LogP contribution in [-0.2, 0) is 4.79 Å². The number of amides is 1. The maximum absolute atomic E-state index is 12.0. The second-order valence-electron chi connectivity index (χ2n) is 4.04. The average Bonchev–Trinajstić information content (AvgIpc) is 2.53. The van der Waals surface area contributed by atoms with Gasteiger partial charge in [-0.3, -0.25) is 9.69 Å². The highest BCUT2D eigenvalue weighted by atomic mass is 16.5. The van der Waals surface area contributed by atoms with Crippen molar-refractivity contribution < 1.29 is 9.53 Å². The van der Waals surface area contributed by atoms with Crippen LogP contribution in [-0.4, -0.2) is 24.5 Å². The molecular formula is C15H13N3O2. The van der Waals surface area contributed by atoms with Gasteiger partial charge in [0.25, 0.3) is 5.91 Å². The molecule has 0 aliphatic rings. The monoisotopic (exact) mass is 267 g/mol. The molecule has 0 saturated carbocycles. The van der Waals surface area contributed by atoms with Gasteiger partial charge < -0.3 is 4.74 Å². The van der Waals surface area contributed by atoms with Crippen molar-refractivity contribution in [2.24, 2.45) is 0 Å². The van der Waals surface area contributed by atoms with Crippen molar-refractivity contribution in [2.45, 2.75) is 0 Å². The molecule has 100 valence electrons. The van der Waals surface area contributed by atoms with Gasteiger partial charge >= 0.3 is 0 Å². The number of likely N-dealkylation sites (N-methyl/N-ethyl adjacent to an activating group) is 1. The third-order valence-electron chi connectivity index (χ3n) is 2.73. The summed E-state index contributed by atoms with van der Waals surface area (Å²) in [6.45, 7) is -0.147. The summed E-state index contributed by atoms with van der Waals surface area (Å²) in [4.78, 5) is 17.5. The summed E-state index contributed by atoms with van der Waals surface area (Å²) >= 11 is 0. The number of rotatable bonds is 4. The van der Waals surface area contributed by atoms with Gasteiger partial charge in [0.05, 0.1) is 5.56 Å². The highest BCUT2D eigenvalue weighted by molar-refractivity contribution is 5.92. The first-order valence-electron chi connectivity index (χ1n) is 6.02. The maximum Gasteiger partial charge on any atom is 0.265 e. The Morgan fingerprint density at radius 3 is 2.75 bits per heavy atom. The summed E-state index contributed by atoms with van der Waals surface area (Å²) in [5.41, 5.74) is 0.404. The van der Waals surface area contributed by atoms with E-state index in [1.54, 1.807) is 55.7 Å². The summed E-state index contributed by atoms with van der Waals surface area (Å²) in [6, 6.07) is 14.1. The van der Waals surface area contributed by atoms with Gasteiger partial charge in [0.15, 0.2) is 6.61 Å². The van der Waals surface area contributed by atoms with Gasteiger partial charge in [-0.05, 0) is 24.3 Å². The number of carbonyl (C=O) groups excluding carboxylic acids is 1. The van der Waals surface area contributed by atoms with E-state index in [9.17, 15) is 4.79 Å². The number of para-hydroxylation sites is 1. The molecule has 0 bridgehead atoms. The van der Waals surface area contributed by atoms with E-state index in [1.165, 1.54) is 4.90 Å². The van der Waals surface area contributed by atoms with Gasteiger partial charge in [0.2, 0.25) is 0 Å². The zero-order chi connectivity index (χ0) is 14.4. The van der Waals surface area contributed by atoms with Gasteiger partial charge in [0, 0.05) is 13.2 Å². The van der Waals surface area contributed by atoms with E-state index in [0.29, 0.717) is 17.1 Å². The van der Waals surface area contributed by atoms with E-state index in [-0.39, 0.29) is 12.5 Å². The van der Waals surface area contributed by atoms with E-state index in [0.717, 1.165) is 0 Å². The molecule has 0 saturated heterocycles. The molecule has 0 unspecified atom stereocenters. The number of carbonyl (C=O) groups is 1. The predicted octanol–water partition coefficient (Wildman–Crippen LogP) is 2.00. The molecule has 20 heavy (non-hydrogen) atoms. The van der Waals surface area contributed by atoms with Crippen molar-refractivity contribution in [1.82, 2.24) is 4.98 Å². The Labute approximate surface area is 117 Å². The minimum absolute atomic E-state index is 0.147. The number of hydrogen-bond acceptors (Lipinski definition) is 4. The fraction of sp³-hybridized carbons (Fsp3) is 0.133. The van der Waals surface area contributed by atoms with Gasteiger partial charge in [-0.15, -0.1) is 0 Å². The summed E-state index contributed by atoms with van der Waals surface area (Å²) in [6.07, 6.45) is 1.62. The van der Waals surface area contributed by atoms with Crippen LogP contribution in [0.2, 0.25) is 0 Å². The van der Waals surface area contributed by atoms with Crippen LogP contribution in [0.4, 0.5) is 5.82 Å². The number of benzene rings is 1. The van der Waals surface area contributed by atoms with E-state index < -0.39 is 0 Å². The van der Waals surface area contributed by atoms with Crippen molar-refractivity contribution in [1.29, 1.82) is 5.26 Å². The minimum atomic E-state index is -0.239. The maximum atomic E-state index is 12.0. The Kier molecular flexibility index (Phi) is 4.30. The van der Waals surface area contributed by atoms with Gasteiger partial charge in [-0.25, -0.2) is 4.98 Å². The van der Waals surface area contributed by atoms with E-state index >= 15 is 0 Å². The van der Waals surface area contributed by atoms with Crippen LogP contribution in [0.15, 0.2) is 48.7 Å². The minimum Gasteiger partial charge on any atom is -0.482 e. The summed E-state index contributed by atoms with van der Waals surface area (Å²) in [7, 11) is 1.63. The molecule has 1 heterocycles. The molecular weight excluding hydrogens is 254 g/mol. The lowest BCUT2D eigenvalue weighted by molar-refractivity contribution is -0.120. The van der Waals surface area contributed by atoms with Crippen molar-refractivity contribution >= 4 is 11.7 Å². The topological polar surface area (TPSA) is 66.2 Å². The number of ether oxygens (including phenoxy) is 1. The Bertz CT molecular complexity index is 635. The number of nitriles is 1. The summed E-state index contributed by atoms with van der Waals surface area (Å²) < 4.78 is 5.39. The Morgan fingerprint density at radius 2 is 2.05 bits per heavy atom. The van der Waals surface area contributed by atoms with Crippen LogP contribution in [0.25, 0.3) is 0 Å². The Balaban J connectivity index is 2.01. The summed E-state index contributed by atoms with van der Waals surface area (Å²) in [5.74, 6) is 0.712. The van der Waals surface area contributed by atoms with Crippen LogP contribution < -0.4 is 9.64 Å². The fourth-order valence-electron chi connectivity index (χ4n) is 1.60. The lowest BCUT2D eigenvalue weighted by Gasteiger charge is -2.16. The predicted molar refractivity (Wildman–Crippen MR) is 74.3 cm³/mol. The lowest BCUT2D eigenvalue weighted by atomic mass is 10.2. The standard InChI is InChI=1S/C15H13N3O2/c1-18(14-8-4-5-9-17-14)15(19)11-20-13-7-3-2-6-12(13)10-16/h2-9H,11H2,1H3. The van der Waals surface area contributed by atoms with Crippen LogP contribution in [0.1, 0.15) is 5.56 Å². The average molecular weight is 267 g/mol. The fourth-order valence-corrected chi connectivity index (χ4v) is 1.60. The van der Waals surface area contributed by atoms with Gasteiger partial charge in [-0.1, -0.05) is 18.2 Å². The summed E-state index contributed by atoms with van der Waals surface area (Å²) in [5, 5.41) is 8.94. The van der Waals surface area contributed by atoms with Crippen LogP contribution >= 0.6 is 0 Å². The first-order valence-corrected chi connectivity index (χ1v) is 6.02. The molecule has 1 aromatic carbocycles. The van der Waals surface area contributed by atoms with E-state index in [2.05, 4.69) is 4.98 Å². The molecule has 0 spiro atoms. The van der Waals surface area contributed by atoms with E-state index in [4.69, 9.17) is 10.00 Å². The molecule has 0 aliphatic carbocycles. The molecule has 0 fully saturated rings. The molecule has 0 aliphatic heterocycles. The van der Waals surface area contributed by atoms with Crippen LogP contribution in [0, 0.1) is 11.3 Å². The zero-order valence-corrected chi connectivity index (χ0v) is 11.0. The number of aromatic nitrogens is 1. The molecule has 2 rings (SSSR count). The molecule has 0 atom stereocenters. The van der Waals surface area contributed by atoms with Crippen LogP contribution in [0.5, 0.6) is 5.75 Å². The van der Waals surface area contributed by atoms with Gasteiger partial charge in [-0.2, -0.15) is 5.26 Å². The molecule has 1 amide bonds. The van der Waals surface area contributed by atoms with E-state index in [1.807, 2.05) is 6.07 Å². The number of anilines is 1. The van der Waals surface area contributed by atoms with Crippen molar-refractivity contribution in [3.8, 4) is 11.8 Å². The molecule has 5 heteroatoms. The smallest absolute Gasteiger partial charge is 0.265 e. The lowest BCUT2D eigenvalue weighted by Crippen LogP contribution is -2.31. The largest absolute Gasteiger partial charge is 0.482 e. The van der Waals surface area contributed by atoms with Crippen molar-refractivity contribution in [2.75, 3.05) is 18.6 Å². The SMILES string of the molecule is CN(C(=O)COc1ccccc1C#N)c1ccccn1. The number of nitrogens with zero attached hydrogens (tertiary/aromatic N) is 3. The second-order valence-corrected chi connectivity index (χ2v) is 4.04. The quantitative estimate of drug-likeness (QED) is 0.849. The molecule has 0 N–H and O–H groups in total. The highest BCUT2D eigenvalue weighted by Crippen LogP contribution is 2.16. The molecule has 2 aromatic rings. The third-order valence-corrected chi connectivity index (χ3v) is 2.73. The Hall–Kier alpha value is -2.87. The normalized spacial score (nSPS) is 9.60. The first-order chi connectivity index (χ1) is 9.72. The van der Waals surface area contributed by atoms with Crippen molar-refractivity contribution in [3.05, 3.63) is 54.2 Å². The third kappa shape index (κ3) is 3.12. The first kappa shape index (κ1) is 13.6. The Morgan fingerprint density at radius 1 is 1.30 bits per heavy atom. The molecule has 1 aromatic heterocycles. The number of hydrogen-bond donors (Lipinski definition) is 0. The molecule has 0 radical (unpaired) electrons. The molecule has 5 nitrogen and oxygen atoms in total. The zero-order valence-electron chi connectivity index (χ0n) is 11.0.